The average Bonchev–Trinajstić information content (AvgIpc) is 2.86. The van der Waals surface area contributed by atoms with Gasteiger partial charge in [0, 0.05) is 13.0 Å². The van der Waals surface area contributed by atoms with Crippen LogP contribution in [0.3, 0.4) is 0 Å². The molecule has 0 aliphatic carbocycles. The van der Waals surface area contributed by atoms with Gasteiger partial charge in [-0.15, -0.1) is 0 Å². The topological polar surface area (TPSA) is 97.1 Å². The average molecular weight is 254 g/mol. The Kier molecular flexibility index (Phi) is 4.82. The molecular weight excluding hydrogens is 236 g/mol. The van der Waals surface area contributed by atoms with Crippen molar-refractivity contribution in [2.45, 2.75) is 33.2 Å². The number of nitrogens with zero attached hydrogens (tertiary/aromatic N) is 3. The van der Waals surface area contributed by atoms with Crippen molar-refractivity contribution in [1.29, 1.82) is 0 Å². The van der Waals surface area contributed by atoms with Crippen LogP contribution in [0.15, 0.2) is 12.7 Å². The van der Waals surface area contributed by atoms with Gasteiger partial charge in [-0.2, -0.15) is 5.10 Å². The van der Waals surface area contributed by atoms with E-state index in [2.05, 4.69) is 15.4 Å². The lowest BCUT2D eigenvalue weighted by atomic mass is 9.88. The molecule has 1 aromatic rings. The van der Waals surface area contributed by atoms with Crippen molar-refractivity contribution in [2.75, 3.05) is 6.54 Å². The van der Waals surface area contributed by atoms with Gasteiger partial charge >= 0.3 is 5.97 Å². The van der Waals surface area contributed by atoms with Crippen LogP contribution in [0.1, 0.15) is 26.7 Å². The maximum Gasteiger partial charge on any atom is 0.311 e. The third-order valence-electron chi connectivity index (χ3n) is 3.01. The van der Waals surface area contributed by atoms with E-state index in [1.807, 2.05) is 0 Å². The summed E-state index contributed by atoms with van der Waals surface area (Å²) in [4.78, 5) is 26.4. The Hall–Kier alpha value is -1.92. The lowest BCUT2D eigenvalue weighted by Crippen LogP contribution is -2.40. The van der Waals surface area contributed by atoms with E-state index in [0.29, 0.717) is 13.0 Å². The minimum Gasteiger partial charge on any atom is -0.481 e. The molecule has 0 saturated carbocycles. The monoisotopic (exact) mass is 254 g/mol. The van der Waals surface area contributed by atoms with Crippen LogP contribution in [0.25, 0.3) is 0 Å². The van der Waals surface area contributed by atoms with Crippen LogP contribution in [0, 0.1) is 5.41 Å². The Morgan fingerprint density at radius 1 is 1.50 bits per heavy atom. The second kappa shape index (κ2) is 6.13. The van der Waals surface area contributed by atoms with Crippen molar-refractivity contribution >= 4 is 11.9 Å². The number of carbonyl (C=O) groups is 2. The first kappa shape index (κ1) is 14.1. The molecule has 100 valence electrons. The molecule has 7 heteroatoms. The number of carbonyl (C=O) groups excluding carboxylic acids is 1. The van der Waals surface area contributed by atoms with E-state index in [1.165, 1.54) is 12.7 Å². The van der Waals surface area contributed by atoms with E-state index in [0.717, 1.165) is 0 Å². The Balaban J connectivity index is 2.34. The van der Waals surface area contributed by atoms with Gasteiger partial charge in [-0.05, 0) is 13.3 Å². The second-order valence-electron chi connectivity index (χ2n) is 4.40. The highest BCUT2D eigenvalue weighted by molar-refractivity contribution is 5.78. The predicted octanol–water partition coefficient (Wildman–Crippen LogP) is 0.285. The van der Waals surface area contributed by atoms with E-state index < -0.39 is 11.4 Å². The summed E-state index contributed by atoms with van der Waals surface area (Å²) in [5.41, 5.74) is -0.914. The summed E-state index contributed by atoms with van der Waals surface area (Å²) in [6.45, 7) is 3.97. The Morgan fingerprint density at radius 3 is 2.72 bits per heavy atom. The van der Waals surface area contributed by atoms with Gasteiger partial charge < -0.3 is 10.4 Å². The second-order valence-corrected chi connectivity index (χ2v) is 4.40. The molecule has 2 N–H and O–H groups in total. The molecule has 0 aromatic carbocycles. The summed E-state index contributed by atoms with van der Waals surface area (Å²) >= 11 is 0. The smallest absolute Gasteiger partial charge is 0.311 e. The molecule has 0 fully saturated rings. The Bertz CT molecular complexity index is 404. The predicted molar refractivity (Wildman–Crippen MR) is 63.7 cm³/mol. The van der Waals surface area contributed by atoms with Crippen LogP contribution in [-0.2, 0) is 16.1 Å². The van der Waals surface area contributed by atoms with Crippen LogP contribution in [0.5, 0.6) is 0 Å². The maximum atomic E-state index is 11.6. The first-order chi connectivity index (χ1) is 8.48. The fraction of sp³-hybridized carbons (Fsp3) is 0.636. The number of hydrogen-bond acceptors (Lipinski definition) is 4. The van der Waals surface area contributed by atoms with E-state index in [1.54, 1.807) is 18.5 Å². The molecule has 18 heavy (non-hydrogen) atoms. The van der Waals surface area contributed by atoms with Gasteiger partial charge in [0.25, 0.3) is 0 Å². The number of hydrogen-bond donors (Lipinski definition) is 2. The quantitative estimate of drug-likeness (QED) is 0.728. The third kappa shape index (κ3) is 3.83. The van der Waals surface area contributed by atoms with Crippen molar-refractivity contribution in [3.05, 3.63) is 12.7 Å². The summed E-state index contributed by atoms with van der Waals surface area (Å²) in [5.74, 6) is -1.09. The molecule has 0 radical (unpaired) electrons. The molecule has 1 unspecified atom stereocenters. The highest BCUT2D eigenvalue weighted by atomic mass is 16.4. The lowest BCUT2D eigenvalue weighted by Gasteiger charge is -2.23. The first-order valence-corrected chi connectivity index (χ1v) is 5.80. The molecule has 7 nitrogen and oxygen atoms in total. The number of nitrogens with one attached hydrogen (secondary N) is 1. The SMILES string of the molecule is CCC(C)(CNC(=O)CCn1cncn1)C(=O)O. The number of carboxylic acids is 1. The van der Waals surface area contributed by atoms with Crippen LogP contribution in [0.2, 0.25) is 0 Å². The fourth-order valence-electron chi connectivity index (χ4n) is 1.30. The molecule has 1 aromatic heterocycles. The van der Waals surface area contributed by atoms with E-state index >= 15 is 0 Å². The van der Waals surface area contributed by atoms with Gasteiger partial charge in [0.2, 0.25) is 5.91 Å². The largest absolute Gasteiger partial charge is 0.481 e. The summed E-state index contributed by atoms with van der Waals surface area (Å²) < 4.78 is 1.55. The zero-order valence-corrected chi connectivity index (χ0v) is 10.6. The first-order valence-electron chi connectivity index (χ1n) is 5.80. The summed E-state index contributed by atoms with van der Waals surface area (Å²) in [7, 11) is 0. The number of carboxylic acid groups (broad SMARTS) is 1. The molecule has 1 atom stereocenters. The molecule has 0 spiro atoms. The molecule has 0 aliphatic heterocycles. The maximum absolute atomic E-state index is 11.6. The van der Waals surface area contributed by atoms with Crippen LogP contribution < -0.4 is 5.32 Å². The lowest BCUT2D eigenvalue weighted by molar-refractivity contribution is -0.148. The van der Waals surface area contributed by atoms with Crippen molar-refractivity contribution in [2.24, 2.45) is 5.41 Å². The normalized spacial score (nSPS) is 13.9. The number of amides is 1. The van der Waals surface area contributed by atoms with Crippen LogP contribution >= 0.6 is 0 Å². The Morgan fingerprint density at radius 2 is 2.22 bits per heavy atom. The Labute approximate surface area is 105 Å². The molecule has 1 rings (SSSR count). The minimum atomic E-state index is -0.914. The van der Waals surface area contributed by atoms with Crippen molar-refractivity contribution in [1.82, 2.24) is 20.1 Å². The van der Waals surface area contributed by atoms with E-state index in [-0.39, 0.29) is 18.9 Å². The zero-order valence-electron chi connectivity index (χ0n) is 10.6. The van der Waals surface area contributed by atoms with Crippen molar-refractivity contribution in [3.8, 4) is 0 Å². The van der Waals surface area contributed by atoms with Gasteiger partial charge in [0.05, 0.1) is 12.0 Å². The molecule has 1 heterocycles. The van der Waals surface area contributed by atoms with E-state index in [4.69, 9.17) is 5.11 Å². The number of aryl methyl sites for hydroxylation is 1. The summed E-state index contributed by atoms with van der Waals surface area (Å²) in [5, 5.41) is 15.6. The van der Waals surface area contributed by atoms with Gasteiger partial charge in [-0.1, -0.05) is 6.92 Å². The van der Waals surface area contributed by atoms with Gasteiger partial charge in [-0.3, -0.25) is 14.3 Å². The highest BCUT2D eigenvalue weighted by Crippen LogP contribution is 2.19. The zero-order chi connectivity index (χ0) is 13.6. The molecule has 0 bridgehead atoms. The highest BCUT2D eigenvalue weighted by Gasteiger charge is 2.31. The van der Waals surface area contributed by atoms with Gasteiger partial charge in [0.15, 0.2) is 0 Å². The van der Waals surface area contributed by atoms with Crippen molar-refractivity contribution in [3.63, 3.8) is 0 Å². The van der Waals surface area contributed by atoms with E-state index in [9.17, 15) is 9.59 Å². The molecule has 0 saturated heterocycles. The van der Waals surface area contributed by atoms with Crippen molar-refractivity contribution < 1.29 is 14.7 Å². The van der Waals surface area contributed by atoms with Gasteiger partial charge in [0.1, 0.15) is 12.7 Å². The summed E-state index contributed by atoms with van der Waals surface area (Å²) in [6, 6.07) is 0. The van der Waals surface area contributed by atoms with Crippen LogP contribution in [-0.4, -0.2) is 38.3 Å². The summed E-state index contributed by atoms with van der Waals surface area (Å²) in [6.07, 6.45) is 3.64. The standard InChI is InChI=1S/C11H18N4O3/c1-3-11(2,10(17)18)6-13-9(16)4-5-15-8-12-7-14-15/h7-8H,3-6H2,1-2H3,(H,13,16)(H,17,18). The minimum absolute atomic E-state index is 0.134. The number of rotatable bonds is 7. The number of aliphatic carboxylic acids is 1. The van der Waals surface area contributed by atoms with Gasteiger partial charge in [-0.25, -0.2) is 4.98 Å². The number of aromatic nitrogens is 3. The molecule has 1 amide bonds. The molecular formula is C11H18N4O3. The molecule has 0 aliphatic rings. The third-order valence-corrected chi connectivity index (χ3v) is 3.01. The van der Waals surface area contributed by atoms with Crippen LogP contribution in [0.4, 0.5) is 0 Å². The fourth-order valence-corrected chi connectivity index (χ4v) is 1.30.